The average Bonchev–Trinajstić information content (AvgIpc) is 3.64. The Bertz CT molecular complexity index is 1420. The minimum absolute atomic E-state index is 0.0106. The smallest absolute Gasteiger partial charge is 0.302 e. The predicted octanol–water partition coefficient (Wildman–Crippen LogP) is 9.66. The molecule has 50 heavy (non-hydrogen) atoms. The number of ether oxygens (including phenoxy) is 4. The van der Waals surface area contributed by atoms with Crippen LogP contribution in [0.25, 0.3) is 0 Å². The number of esters is 2. The molecule has 8 aliphatic carbocycles. The molecule has 0 radical (unpaired) electrons. The van der Waals surface area contributed by atoms with Gasteiger partial charge in [0.15, 0.2) is 6.29 Å². The van der Waals surface area contributed by atoms with Crippen LogP contribution in [-0.2, 0) is 28.5 Å². The van der Waals surface area contributed by atoms with E-state index in [1.165, 1.54) is 89.9 Å². The quantitative estimate of drug-likeness (QED) is 0.275. The highest BCUT2D eigenvalue weighted by Crippen LogP contribution is 2.76. The molecule has 6 heteroatoms. The lowest BCUT2D eigenvalue weighted by Gasteiger charge is -2.65. The summed E-state index contributed by atoms with van der Waals surface area (Å²) < 4.78 is 26.4. The first-order valence-electron chi connectivity index (χ1n) is 21.1. The fourth-order valence-electron chi connectivity index (χ4n) is 17.7. The Kier molecular flexibility index (Phi) is 7.60. The topological polar surface area (TPSA) is 71.1 Å². The second-order valence-electron chi connectivity index (χ2n) is 21.9. The molecule has 9 aliphatic rings. The van der Waals surface area contributed by atoms with E-state index < -0.39 is 0 Å². The van der Waals surface area contributed by atoms with Crippen LogP contribution in [0, 0.1) is 73.9 Å². The van der Waals surface area contributed by atoms with Gasteiger partial charge in [-0.05, 0) is 160 Å². The molecule has 15 atom stereocenters. The molecular formula is C44H68O6. The van der Waals surface area contributed by atoms with Crippen molar-refractivity contribution in [3.63, 3.8) is 0 Å². The zero-order valence-electron chi connectivity index (χ0n) is 32.7. The van der Waals surface area contributed by atoms with Gasteiger partial charge in [0.25, 0.3) is 0 Å². The van der Waals surface area contributed by atoms with E-state index in [1.807, 2.05) is 0 Å². The van der Waals surface area contributed by atoms with Crippen LogP contribution < -0.4 is 0 Å². The van der Waals surface area contributed by atoms with Gasteiger partial charge in [0.2, 0.25) is 0 Å². The number of carbonyl (C=O) groups excluding carboxylic acids is 2. The number of carbonyl (C=O) groups is 2. The molecule has 280 valence electrons. The Morgan fingerprint density at radius 1 is 0.600 bits per heavy atom. The number of hydrogen-bond donors (Lipinski definition) is 0. The number of hydrogen-bond acceptors (Lipinski definition) is 6. The molecule has 6 nitrogen and oxygen atoms in total. The van der Waals surface area contributed by atoms with Crippen molar-refractivity contribution in [2.45, 2.75) is 182 Å². The van der Waals surface area contributed by atoms with E-state index in [0.717, 1.165) is 37.2 Å². The third-order valence-corrected chi connectivity index (χ3v) is 19.3. The van der Waals surface area contributed by atoms with Gasteiger partial charge in [-0.3, -0.25) is 9.59 Å². The highest BCUT2D eigenvalue weighted by atomic mass is 16.7. The van der Waals surface area contributed by atoms with E-state index in [0.29, 0.717) is 45.3 Å². The second-order valence-corrected chi connectivity index (χ2v) is 21.9. The minimum Gasteiger partial charge on any atom is -0.462 e. The molecule has 4 bridgehead atoms. The highest BCUT2D eigenvalue weighted by Gasteiger charge is 2.72. The van der Waals surface area contributed by atoms with Crippen LogP contribution >= 0.6 is 0 Å². The molecule has 1 heterocycles. The fraction of sp³-hybridized carbons (Fsp3) is 0.955. The molecular weight excluding hydrogens is 624 g/mol. The van der Waals surface area contributed by atoms with Crippen LogP contribution in [0.5, 0.6) is 0 Å². The van der Waals surface area contributed by atoms with Crippen LogP contribution in [-0.4, -0.2) is 42.6 Å². The fourth-order valence-corrected chi connectivity index (χ4v) is 17.7. The summed E-state index contributed by atoms with van der Waals surface area (Å²) in [5.74, 6) is 4.32. The van der Waals surface area contributed by atoms with Crippen LogP contribution in [0.3, 0.4) is 0 Å². The standard InChI is InChI=1S/C44H68O6/c1-26(45)48-35-15-17-40(7)31(38(35,3)4)13-19-42-21-28(9-11-33(40)42)30(23-42)37-47-25-44(50-37)24-43-20-14-32-39(5,6)36(49-27(2)46)16-18-41(32,8)34(43)12-10-29(44)22-43/h28-37H,9-25H2,1-8H3. The van der Waals surface area contributed by atoms with E-state index in [2.05, 4.69) is 41.5 Å². The molecule has 0 amide bonds. The molecule has 9 fully saturated rings. The van der Waals surface area contributed by atoms with Crippen LogP contribution in [0.15, 0.2) is 0 Å². The molecule has 1 saturated heterocycles. The van der Waals surface area contributed by atoms with Gasteiger partial charge in [0, 0.05) is 30.6 Å². The third kappa shape index (κ3) is 4.57. The molecule has 3 spiro atoms. The Hall–Kier alpha value is -1.14. The Morgan fingerprint density at radius 2 is 1.16 bits per heavy atom. The van der Waals surface area contributed by atoms with E-state index in [1.54, 1.807) is 13.8 Å². The predicted molar refractivity (Wildman–Crippen MR) is 192 cm³/mol. The zero-order valence-corrected chi connectivity index (χ0v) is 32.7. The van der Waals surface area contributed by atoms with Crippen molar-refractivity contribution < 1.29 is 28.5 Å². The molecule has 8 saturated carbocycles. The van der Waals surface area contributed by atoms with Crippen molar-refractivity contribution in [2.75, 3.05) is 6.61 Å². The summed E-state index contributed by atoms with van der Waals surface area (Å²) in [5, 5.41) is 0. The lowest BCUT2D eigenvalue weighted by Crippen LogP contribution is -2.59. The van der Waals surface area contributed by atoms with Gasteiger partial charge in [-0.1, -0.05) is 41.5 Å². The van der Waals surface area contributed by atoms with E-state index >= 15 is 0 Å². The summed E-state index contributed by atoms with van der Waals surface area (Å²) in [7, 11) is 0. The first kappa shape index (κ1) is 34.6. The minimum atomic E-state index is -0.124. The van der Waals surface area contributed by atoms with Gasteiger partial charge in [-0.25, -0.2) is 0 Å². The van der Waals surface area contributed by atoms with Crippen molar-refractivity contribution in [2.24, 2.45) is 73.9 Å². The van der Waals surface area contributed by atoms with Gasteiger partial charge < -0.3 is 18.9 Å². The van der Waals surface area contributed by atoms with Crippen molar-refractivity contribution in [1.82, 2.24) is 0 Å². The zero-order chi connectivity index (χ0) is 35.3. The van der Waals surface area contributed by atoms with Crippen molar-refractivity contribution in [3.05, 3.63) is 0 Å². The van der Waals surface area contributed by atoms with Crippen LogP contribution in [0.1, 0.15) is 158 Å². The summed E-state index contributed by atoms with van der Waals surface area (Å²) in [6.45, 7) is 18.8. The summed E-state index contributed by atoms with van der Waals surface area (Å²) >= 11 is 0. The third-order valence-electron chi connectivity index (χ3n) is 19.3. The van der Waals surface area contributed by atoms with Crippen molar-refractivity contribution >= 4 is 11.9 Å². The highest BCUT2D eigenvalue weighted by molar-refractivity contribution is 5.66. The van der Waals surface area contributed by atoms with Crippen molar-refractivity contribution in [3.8, 4) is 0 Å². The van der Waals surface area contributed by atoms with E-state index in [-0.39, 0.29) is 46.9 Å². The van der Waals surface area contributed by atoms with Crippen molar-refractivity contribution in [1.29, 1.82) is 0 Å². The SMILES string of the molecule is CC(=O)OC1CCC2(C)C3CCC4CC3(CCC2C1(C)C)CC4C1OCC2(CC34CCC5C(C)(C)C(OC(C)=O)CCC5(C)C3CCC2C4)O1. The van der Waals surface area contributed by atoms with Gasteiger partial charge >= 0.3 is 11.9 Å². The second kappa shape index (κ2) is 11.0. The average molecular weight is 693 g/mol. The van der Waals surface area contributed by atoms with E-state index in [4.69, 9.17) is 18.9 Å². The summed E-state index contributed by atoms with van der Waals surface area (Å²) in [5.41, 5.74) is 1.34. The number of fused-ring (bicyclic) bond motifs is 7. The molecule has 0 aromatic carbocycles. The largest absolute Gasteiger partial charge is 0.462 e. The Balaban J connectivity index is 0.916. The molecule has 9 rings (SSSR count). The summed E-state index contributed by atoms with van der Waals surface area (Å²) in [6, 6.07) is 0. The summed E-state index contributed by atoms with van der Waals surface area (Å²) in [4.78, 5) is 24.1. The monoisotopic (exact) mass is 693 g/mol. The lowest BCUT2D eigenvalue weighted by molar-refractivity contribution is -0.198. The molecule has 1 aliphatic heterocycles. The van der Waals surface area contributed by atoms with Gasteiger partial charge in [0.1, 0.15) is 12.2 Å². The molecule has 0 N–H and O–H groups in total. The maximum Gasteiger partial charge on any atom is 0.302 e. The van der Waals surface area contributed by atoms with Crippen LogP contribution in [0.2, 0.25) is 0 Å². The Morgan fingerprint density at radius 3 is 1.76 bits per heavy atom. The molecule has 0 aromatic heterocycles. The lowest BCUT2D eigenvalue weighted by atomic mass is 9.41. The molecule has 0 aromatic rings. The maximum absolute atomic E-state index is 12.0. The van der Waals surface area contributed by atoms with Crippen LogP contribution in [0.4, 0.5) is 0 Å². The van der Waals surface area contributed by atoms with Gasteiger partial charge in [-0.15, -0.1) is 0 Å². The first-order chi connectivity index (χ1) is 23.5. The molecule has 15 unspecified atom stereocenters. The maximum atomic E-state index is 12.0. The van der Waals surface area contributed by atoms with Gasteiger partial charge in [0.05, 0.1) is 12.2 Å². The summed E-state index contributed by atoms with van der Waals surface area (Å²) in [6.07, 6.45) is 20.0. The van der Waals surface area contributed by atoms with E-state index in [9.17, 15) is 9.59 Å². The number of rotatable bonds is 3. The van der Waals surface area contributed by atoms with Gasteiger partial charge in [-0.2, -0.15) is 0 Å². The Labute approximate surface area is 302 Å². The normalized spacial score (nSPS) is 55.4. The first-order valence-corrected chi connectivity index (χ1v) is 21.1.